The lowest BCUT2D eigenvalue weighted by Gasteiger charge is -2.41. The van der Waals surface area contributed by atoms with E-state index in [-0.39, 0.29) is 31.1 Å². The standard InChI is InChI=1S/C35H49N3O6/c1-34(2)18-28-19-35(3,22-34)23-38(28)20-29-17-30(25-11-9-24(21-39)10-12-25)44-33(43-29)26-13-15-27(16-14-26)36-31(40)7-5-4-6-8-32(41)37-42/h9-16,28-30,33,39,42H,4-8,17-23H2,1-3H3,(H,36,40)(H,37,41)/t28?,29-,30+,33+,35?/m1/s1. The van der Waals surface area contributed by atoms with Crippen LogP contribution in [0.25, 0.3) is 0 Å². The molecular formula is C35H49N3O6. The first-order chi connectivity index (χ1) is 21.0. The van der Waals surface area contributed by atoms with E-state index in [1.54, 1.807) is 5.48 Å². The highest BCUT2D eigenvalue weighted by atomic mass is 16.7. The van der Waals surface area contributed by atoms with E-state index in [1.807, 2.05) is 48.5 Å². The van der Waals surface area contributed by atoms with Crippen molar-refractivity contribution in [3.8, 4) is 0 Å². The minimum Gasteiger partial charge on any atom is -0.392 e. The lowest BCUT2D eigenvalue weighted by atomic mass is 9.65. The number of unbranched alkanes of at least 4 members (excludes halogenated alkanes) is 2. The van der Waals surface area contributed by atoms with E-state index in [4.69, 9.17) is 14.7 Å². The maximum Gasteiger partial charge on any atom is 0.243 e. The summed E-state index contributed by atoms with van der Waals surface area (Å²) in [6.07, 6.45) is 6.46. The molecule has 0 spiro atoms. The van der Waals surface area contributed by atoms with Crippen LogP contribution in [0.1, 0.15) is 108 Å². The molecule has 2 aromatic carbocycles. The third-order valence-electron chi connectivity index (χ3n) is 9.48. The Balaban J connectivity index is 1.23. The molecule has 5 rings (SSSR count). The summed E-state index contributed by atoms with van der Waals surface area (Å²) in [4.78, 5) is 26.2. The number of likely N-dealkylation sites (tertiary alicyclic amines) is 1. The van der Waals surface area contributed by atoms with E-state index in [2.05, 4.69) is 31.0 Å². The van der Waals surface area contributed by atoms with Gasteiger partial charge in [0.2, 0.25) is 11.8 Å². The summed E-state index contributed by atoms with van der Waals surface area (Å²) in [5.74, 6) is -0.483. The molecule has 2 amide bonds. The number of aliphatic hydroxyl groups excluding tert-OH is 1. The number of hydrogen-bond donors (Lipinski definition) is 4. The molecule has 1 saturated carbocycles. The molecule has 1 aliphatic carbocycles. The predicted molar refractivity (Wildman–Crippen MR) is 168 cm³/mol. The quantitative estimate of drug-likeness (QED) is 0.132. The number of nitrogens with zero attached hydrogens (tertiary/aromatic N) is 1. The van der Waals surface area contributed by atoms with E-state index in [9.17, 15) is 14.7 Å². The zero-order chi connectivity index (χ0) is 31.3. The van der Waals surface area contributed by atoms with Crippen LogP contribution in [0.4, 0.5) is 5.69 Å². The lowest BCUT2D eigenvalue weighted by Crippen LogP contribution is -2.42. The van der Waals surface area contributed by atoms with Crippen molar-refractivity contribution in [1.29, 1.82) is 0 Å². The fraction of sp³-hybridized carbons (Fsp3) is 0.600. The van der Waals surface area contributed by atoms with Crippen molar-refractivity contribution < 1.29 is 29.4 Å². The summed E-state index contributed by atoms with van der Waals surface area (Å²) in [6, 6.07) is 16.2. The highest BCUT2D eigenvalue weighted by Gasteiger charge is 2.50. The van der Waals surface area contributed by atoms with Gasteiger partial charge >= 0.3 is 0 Å². The molecule has 9 heteroatoms. The highest BCUT2D eigenvalue weighted by molar-refractivity contribution is 5.90. The summed E-state index contributed by atoms with van der Waals surface area (Å²) in [5, 5.41) is 21.0. The van der Waals surface area contributed by atoms with Crippen LogP contribution in [0.2, 0.25) is 0 Å². The average molecular weight is 608 g/mol. The molecule has 2 aliphatic heterocycles. The Morgan fingerprint density at radius 2 is 1.59 bits per heavy atom. The molecule has 240 valence electrons. The number of ether oxygens (including phenoxy) is 2. The van der Waals surface area contributed by atoms with Gasteiger partial charge in [0.15, 0.2) is 6.29 Å². The minimum atomic E-state index is -0.536. The van der Waals surface area contributed by atoms with Crippen LogP contribution in [0.5, 0.6) is 0 Å². The monoisotopic (exact) mass is 607 g/mol. The van der Waals surface area contributed by atoms with Crippen molar-refractivity contribution in [2.45, 2.75) is 110 Å². The molecule has 3 fully saturated rings. The molecule has 0 aromatic heterocycles. The third kappa shape index (κ3) is 8.46. The molecular weight excluding hydrogens is 558 g/mol. The first-order valence-electron chi connectivity index (χ1n) is 16.1. The van der Waals surface area contributed by atoms with Crippen LogP contribution in [-0.2, 0) is 25.7 Å². The van der Waals surface area contributed by atoms with Gasteiger partial charge in [-0.15, -0.1) is 0 Å². The molecule has 2 unspecified atom stereocenters. The molecule has 2 saturated heterocycles. The molecule has 2 heterocycles. The number of aliphatic hydroxyl groups is 1. The van der Waals surface area contributed by atoms with Gasteiger partial charge in [0.25, 0.3) is 0 Å². The van der Waals surface area contributed by atoms with Crippen molar-refractivity contribution >= 4 is 17.5 Å². The number of nitrogens with one attached hydrogen (secondary N) is 2. The van der Waals surface area contributed by atoms with Crippen LogP contribution in [0.3, 0.4) is 0 Å². The molecule has 2 bridgehead atoms. The van der Waals surface area contributed by atoms with Crippen LogP contribution >= 0.6 is 0 Å². The second-order valence-electron chi connectivity index (χ2n) is 14.3. The summed E-state index contributed by atoms with van der Waals surface area (Å²) in [7, 11) is 0. The van der Waals surface area contributed by atoms with E-state index >= 15 is 0 Å². The molecule has 0 radical (unpaired) electrons. The van der Waals surface area contributed by atoms with Crippen molar-refractivity contribution in [1.82, 2.24) is 10.4 Å². The Labute approximate surface area is 261 Å². The molecule has 44 heavy (non-hydrogen) atoms. The number of hydroxylamine groups is 1. The first-order valence-corrected chi connectivity index (χ1v) is 16.1. The van der Waals surface area contributed by atoms with Gasteiger partial charge in [-0.25, -0.2) is 5.48 Å². The first kappa shape index (κ1) is 32.6. The number of anilines is 1. The highest BCUT2D eigenvalue weighted by Crippen LogP contribution is 2.53. The van der Waals surface area contributed by atoms with Crippen LogP contribution in [0, 0.1) is 10.8 Å². The molecule has 4 N–H and O–H groups in total. The Morgan fingerprint density at radius 3 is 2.27 bits per heavy atom. The SMILES string of the molecule is CC1(C)CC2CC(C)(CN2C[C@H]2C[C@@H](c3ccc(CO)cc3)O[C@@H](c3ccc(NC(=O)CCCCCC(=O)NO)cc3)O2)C1. The Morgan fingerprint density at radius 1 is 0.909 bits per heavy atom. The van der Waals surface area contributed by atoms with E-state index in [0.717, 1.165) is 42.6 Å². The lowest BCUT2D eigenvalue weighted by molar-refractivity contribution is -0.253. The van der Waals surface area contributed by atoms with Gasteiger partial charge in [-0.2, -0.15) is 0 Å². The van der Waals surface area contributed by atoms with Crippen molar-refractivity contribution in [3.63, 3.8) is 0 Å². The van der Waals surface area contributed by atoms with Gasteiger partial charge in [0.1, 0.15) is 0 Å². The minimum absolute atomic E-state index is 0.00478. The Hall–Kier alpha value is -2.82. The fourth-order valence-electron chi connectivity index (χ4n) is 7.84. The zero-order valence-corrected chi connectivity index (χ0v) is 26.4. The number of benzene rings is 2. The zero-order valence-electron chi connectivity index (χ0n) is 26.4. The van der Waals surface area contributed by atoms with E-state index < -0.39 is 12.2 Å². The average Bonchev–Trinajstić information content (AvgIpc) is 3.23. The summed E-state index contributed by atoms with van der Waals surface area (Å²) < 4.78 is 13.2. The van der Waals surface area contributed by atoms with Gasteiger partial charge in [-0.3, -0.25) is 19.7 Å². The Kier molecular flexibility index (Phi) is 10.4. The largest absolute Gasteiger partial charge is 0.392 e. The summed E-state index contributed by atoms with van der Waals surface area (Å²) in [5.41, 5.74) is 5.90. The van der Waals surface area contributed by atoms with Gasteiger partial charge < -0.3 is 19.9 Å². The van der Waals surface area contributed by atoms with Gasteiger partial charge in [0, 0.05) is 49.6 Å². The molecule has 3 aliphatic rings. The predicted octanol–water partition coefficient (Wildman–Crippen LogP) is 6.02. The number of carbonyl (C=O) groups is 2. The smallest absolute Gasteiger partial charge is 0.243 e. The molecule has 9 nitrogen and oxygen atoms in total. The second kappa shape index (κ2) is 14.1. The normalized spacial score (nSPS) is 28.0. The fourth-order valence-corrected chi connectivity index (χ4v) is 7.84. The van der Waals surface area contributed by atoms with E-state index in [0.29, 0.717) is 41.8 Å². The third-order valence-corrected chi connectivity index (χ3v) is 9.48. The number of rotatable bonds is 12. The van der Waals surface area contributed by atoms with Gasteiger partial charge in [-0.1, -0.05) is 63.6 Å². The van der Waals surface area contributed by atoms with Crippen LogP contribution in [0.15, 0.2) is 48.5 Å². The number of hydrogen-bond acceptors (Lipinski definition) is 7. The van der Waals surface area contributed by atoms with Crippen LogP contribution in [-0.4, -0.2) is 52.3 Å². The van der Waals surface area contributed by atoms with Crippen molar-refractivity contribution in [2.24, 2.45) is 10.8 Å². The Bertz CT molecular complexity index is 1270. The number of fused-ring (bicyclic) bond motifs is 2. The molecule has 2 aromatic rings. The molecule has 5 atom stereocenters. The summed E-state index contributed by atoms with van der Waals surface area (Å²) in [6.45, 7) is 9.25. The van der Waals surface area contributed by atoms with E-state index in [1.165, 1.54) is 19.3 Å². The van der Waals surface area contributed by atoms with Crippen molar-refractivity contribution in [3.05, 3.63) is 65.2 Å². The maximum absolute atomic E-state index is 12.4. The van der Waals surface area contributed by atoms with Gasteiger partial charge in [0.05, 0.1) is 18.8 Å². The number of carbonyl (C=O) groups excluding carboxylic acids is 2. The summed E-state index contributed by atoms with van der Waals surface area (Å²) >= 11 is 0. The van der Waals surface area contributed by atoms with Crippen molar-refractivity contribution in [2.75, 3.05) is 18.4 Å². The second-order valence-corrected chi connectivity index (χ2v) is 14.3. The maximum atomic E-state index is 12.4. The van der Waals surface area contributed by atoms with Gasteiger partial charge in [-0.05, 0) is 66.2 Å². The topological polar surface area (TPSA) is 120 Å². The van der Waals surface area contributed by atoms with Crippen LogP contribution < -0.4 is 10.8 Å². The number of amides is 2.